The van der Waals surface area contributed by atoms with Gasteiger partial charge in [0, 0.05) is 50.5 Å². The Bertz CT molecular complexity index is 810. The van der Waals surface area contributed by atoms with Crippen molar-refractivity contribution in [2.24, 2.45) is 0 Å². The van der Waals surface area contributed by atoms with E-state index in [0.717, 1.165) is 49.6 Å². The molecule has 7 heteroatoms. The molecule has 0 bridgehead atoms. The molecule has 29 heavy (non-hydrogen) atoms. The molecule has 6 nitrogen and oxygen atoms in total. The molecule has 156 valence electrons. The van der Waals surface area contributed by atoms with Crippen molar-refractivity contribution in [3.05, 3.63) is 54.1 Å². The number of nitrogens with zero attached hydrogens (tertiary/aromatic N) is 2. The third-order valence-corrected chi connectivity index (χ3v) is 5.38. The number of amides is 1. The average Bonchev–Trinajstić information content (AvgIpc) is 2.73. The highest BCUT2D eigenvalue weighted by Gasteiger charge is 2.20. The Kier molecular flexibility index (Phi) is 7.36. The Hall–Kier alpha value is -2.28. The molecule has 2 heterocycles. The zero-order valence-electron chi connectivity index (χ0n) is 16.4. The number of hydrogen-bond donors (Lipinski definition) is 2. The summed E-state index contributed by atoms with van der Waals surface area (Å²) in [5.74, 6) is 0.798. The summed E-state index contributed by atoms with van der Waals surface area (Å²) in [5, 5.41) is 13.2. The van der Waals surface area contributed by atoms with Crippen LogP contribution in [0, 0.1) is 0 Å². The van der Waals surface area contributed by atoms with E-state index in [1.54, 1.807) is 0 Å². The van der Waals surface area contributed by atoms with Crippen LogP contribution in [-0.4, -0.2) is 61.3 Å². The molecule has 0 radical (unpaired) electrons. The molecule has 1 fully saturated rings. The minimum Gasteiger partial charge on any atom is -0.491 e. The van der Waals surface area contributed by atoms with Gasteiger partial charge in [0.2, 0.25) is 5.91 Å². The van der Waals surface area contributed by atoms with Gasteiger partial charge in [-0.2, -0.15) is 0 Å². The lowest BCUT2D eigenvalue weighted by molar-refractivity contribution is -0.116. The molecular weight excluding hydrogens is 390 g/mol. The number of β-amino-alcohol motifs (C(OH)–C–C–N with tert-alkyl or cyclic N) is 1. The second kappa shape index (κ2) is 9.96. The predicted molar refractivity (Wildman–Crippen MR) is 117 cm³/mol. The van der Waals surface area contributed by atoms with E-state index in [-0.39, 0.29) is 24.9 Å². The van der Waals surface area contributed by atoms with Gasteiger partial charge in [-0.15, -0.1) is 12.4 Å². The highest BCUT2D eigenvalue weighted by molar-refractivity contribution is 5.94. The number of anilines is 2. The molecule has 2 aromatic carbocycles. The maximum absolute atomic E-state index is 11.4. The number of carbonyl (C=O) groups excluding carboxylic acids is 1. The fraction of sp³-hybridized carbons (Fsp3) is 0.409. The molecule has 1 saturated heterocycles. The largest absolute Gasteiger partial charge is 0.491 e. The molecule has 0 aromatic heterocycles. The van der Waals surface area contributed by atoms with Crippen molar-refractivity contribution in [1.29, 1.82) is 0 Å². The van der Waals surface area contributed by atoms with Gasteiger partial charge in [-0.3, -0.25) is 9.69 Å². The Labute approximate surface area is 177 Å². The van der Waals surface area contributed by atoms with Crippen LogP contribution in [0.1, 0.15) is 12.0 Å². The first-order valence-corrected chi connectivity index (χ1v) is 9.93. The summed E-state index contributed by atoms with van der Waals surface area (Å²) >= 11 is 0. The zero-order chi connectivity index (χ0) is 19.3. The lowest BCUT2D eigenvalue weighted by Crippen LogP contribution is -2.49. The second-order valence-electron chi connectivity index (χ2n) is 7.46. The highest BCUT2D eigenvalue weighted by atomic mass is 35.5. The number of hydrogen-bond acceptors (Lipinski definition) is 5. The molecule has 2 aromatic rings. The minimum absolute atomic E-state index is 0. The van der Waals surface area contributed by atoms with Crippen molar-refractivity contribution in [3.63, 3.8) is 0 Å². The van der Waals surface area contributed by atoms with Gasteiger partial charge in [0.1, 0.15) is 18.5 Å². The summed E-state index contributed by atoms with van der Waals surface area (Å²) in [6.07, 6.45) is 0.708. The van der Waals surface area contributed by atoms with Gasteiger partial charge >= 0.3 is 0 Å². The van der Waals surface area contributed by atoms with Gasteiger partial charge in [-0.25, -0.2) is 0 Å². The number of aliphatic hydroxyl groups excluding tert-OH is 1. The molecule has 2 aliphatic rings. The van der Waals surface area contributed by atoms with Crippen LogP contribution >= 0.6 is 12.4 Å². The summed E-state index contributed by atoms with van der Waals surface area (Å²) in [7, 11) is 0. The molecule has 0 spiro atoms. The van der Waals surface area contributed by atoms with Crippen molar-refractivity contribution in [2.45, 2.75) is 18.9 Å². The van der Waals surface area contributed by atoms with Crippen LogP contribution in [0.4, 0.5) is 11.4 Å². The van der Waals surface area contributed by atoms with Crippen molar-refractivity contribution in [3.8, 4) is 5.75 Å². The molecule has 0 aliphatic carbocycles. The molecule has 2 N–H and O–H groups in total. The number of fused-ring (bicyclic) bond motifs is 1. The number of nitrogens with one attached hydrogen (secondary N) is 1. The van der Waals surface area contributed by atoms with Gasteiger partial charge in [0.05, 0.1) is 0 Å². The highest BCUT2D eigenvalue weighted by Crippen LogP contribution is 2.26. The van der Waals surface area contributed by atoms with Crippen molar-refractivity contribution in [2.75, 3.05) is 49.5 Å². The number of aryl methyl sites for hydroxylation is 1. The van der Waals surface area contributed by atoms with Gasteiger partial charge in [-0.05, 0) is 42.3 Å². The monoisotopic (exact) mass is 417 g/mol. The molecule has 0 saturated carbocycles. The molecule has 1 unspecified atom stereocenters. The summed E-state index contributed by atoms with van der Waals surface area (Å²) in [5.41, 5.74) is 3.21. The fourth-order valence-electron chi connectivity index (χ4n) is 3.82. The summed E-state index contributed by atoms with van der Waals surface area (Å²) in [4.78, 5) is 16.1. The lowest BCUT2D eigenvalue weighted by Gasteiger charge is -2.36. The first kappa shape index (κ1) is 21.4. The van der Waals surface area contributed by atoms with Gasteiger partial charge < -0.3 is 20.1 Å². The summed E-state index contributed by atoms with van der Waals surface area (Å²) in [6, 6.07) is 16.1. The van der Waals surface area contributed by atoms with Crippen molar-refractivity contribution in [1.82, 2.24) is 4.90 Å². The maximum atomic E-state index is 11.4. The van der Waals surface area contributed by atoms with Gasteiger partial charge in [0.25, 0.3) is 0 Å². The standard InChI is InChI=1S/C22H27N3O3.ClH/c26-19(15-24-10-12-25(13-11-24)18-4-2-1-3-5-18)16-28-20-7-8-21-17(14-20)6-9-22(27)23-21;/h1-5,7-8,14,19,26H,6,9-13,15-16H2,(H,23,27);1H. The third kappa shape index (κ3) is 5.63. The van der Waals surface area contributed by atoms with Crippen LogP contribution < -0.4 is 15.0 Å². The quantitative estimate of drug-likeness (QED) is 0.756. The van der Waals surface area contributed by atoms with Crippen LogP contribution in [0.2, 0.25) is 0 Å². The van der Waals surface area contributed by atoms with E-state index in [2.05, 4.69) is 39.4 Å². The summed E-state index contributed by atoms with van der Waals surface area (Å²) < 4.78 is 5.79. The van der Waals surface area contributed by atoms with E-state index in [0.29, 0.717) is 13.0 Å². The number of ether oxygens (including phenoxy) is 1. The number of rotatable bonds is 6. The lowest BCUT2D eigenvalue weighted by atomic mass is 10.0. The Morgan fingerprint density at radius 3 is 2.55 bits per heavy atom. The maximum Gasteiger partial charge on any atom is 0.224 e. The Morgan fingerprint density at radius 1 is 1.03 bits per heavy atom. The minimum atomic E-state index is -0.529. The number of carbonyl (C=O) groups is 1. The van der Waals surface area contributed by atoms with Crippen LogP contribution in [0.15, 0.2) is 48.5 Å². The summed E-state index contributed by atoms with van der Waals surface area (Å²) in [6.45, 7) is 4.69. The van der Waals surface area contributed by atoms with Crippen molar-refractivity contribution < 1.29 is 14.6 Å². The normalized spacial score (nSPS) is 17.7. The van der Waals surface area contributed by atoms with E-state index in [4.69, 9.17) is 4.74 Å². The van der Waals surface area contributed by atoms with E-state index in [9.17, 15) is 9.90 Å². The number of benzene rings is 2. The number of para-hydroxylation sites is 1. The van der Waals surface area contributed by atoms with Crippen LogP contribution in [0.5, 0.6) is 5.75 Å². The van der Waals surface area contributed by atoms with Crippen molar-refractivity contribution >= 4 is 29.7 Å². The zero-order valence-corrected chi connectivity index (χ0v) is 17.2. The topological polar surface area (TPSA) is 65.0 Å². The number of aliphatic hydroxyl groups is 1. The second-order valence-corrected chi connectivity index (χ2v) is 7.46. The van der Waals surface area contributed by atoms with Gasteiger partial charge in [-0.1, -0.05) is 18.2 Å². The SMILES string of the molecule is Cl.O=C1CCc2cc(OCC(O)CN3CCN(c4ccccc4)CC3)ccc2N1. The smallest absolute Gasteiger partial charge is 0.224 e. The van der Waals surface area contributed by atoms with E-state index in [1.807, 2.05) is 24.3 Å². The first-order valence-electron chi connectivity index (χ1n) is 9.93. The van der Waals surface area contributed by atoms with Gasteiger partial charge in [0.15, 0.2) is 0 Å². The van der Waals surface area contributed by atoms with Crippen LogP contribution in [0.3, 0.4) is 0 Å². The molecule has 1 atom stereocenters. The molecule has 2 aliphatic heterocycles. The third-order valence-electron chi connectivity index (χ3n) is 5.38. The Morgan fingerprint density at radius 2 is 1.79 bits per heavy atom. The molecular formula is C22H28ClN3O3. The van der Waals surface area contributed by atoms with E-state index >= 15 is 0 Å². The van der Waals surface area contributed by atoms with E-state index < -0.39 is 6.10 Å². The molecule has 4 rings (SSSR count). The number of halogens is 1. The van der Waals surface area contributed by atoms with Crippen LogP contribution in [-0.2, 0) is 11.2 Å². The number of piperazine rings is 1. The average molecular weight is 418 g/mol. The van der Waals surface area contributed by atoms with Crippen LogP contribution in [0.25, 0.3) is 0 Å². The predicted octanol–water partition coefficient (Wildman–Crippen LogP) is 2.55. The first-order chi connectivity index (χ1) is 13.7. The Balaban J connectivity index is 0.00000240. The van der Waals surface area contributed by atoms with E-state index in [1.165, 1.54) is 5.69 Å². The fourth-order valence-corrected chi connectivity index (χ4v) is 3.82. The molecule has 1 amide bonds.